The first-order valence-electron chi connectivity index (χ1n) is 6.34. The third-order valence-corrected chi connectivity index (χ3v) is 3.17. The van der Waals surface area contributed by atoms with Gasteiger partial charge in [0.15, 0.2) is 0 Å². The Labute approximate surface area is 100 Å². The average Bonchev–Trinajstić information content (AvgIpc) is 2.22. The molecule has 0 saturated carbocycles. The molecule has 0 amide bonds. The molecule has 0 fully saturated rings. The molecule has 0 heterocycles. The molecule has 0 atom stereocenters. The monoisotopic (exact) mass is 216 g/mol. The molecule has 0 heteroatoms. The molecule has 0 aliphatic heterocycles. The summed E-state index contributed by atoms with van der Waals surface area (Å²) in [6.45, 7) is 12.9. The Kier molecular flexibility index (Phi) is 4.79. The molecule has 88 valence electrons. The van der Waals surface area contributed by atoms with Crippen molar-refractivity contribution in [3.05, 3.63) is 46.5 Å². The minimum atomic E-state index is 1.02. The number of allylic oxidation sites excluding steroid dienone is 1. The van der Waals surface area contributed by atoms with Crippen LogP contribution in [-0.4, -0.2) is 0 Å². The summed E-state index contributed by atoms with van der Waals surface area (Å²) in [7, 11) is 0. The first-order valence-corrected chi connectivity index (χ1v) is 6.34. The minimum absolute atomic E-state index is 1.02. The molecule has 1 rings (SSSR count). The molecule has 0 unspecified atom stereocenters. The van der Waals surface area contributed by atoms with Crippen molar-refractivity contribution in [1.29, 1.82) is 0 Å². The van der Waals surface area contributed by atoms with E-state index in [-0.39, 0.29) is 0 Å². The van der Waals surface area contributed by atoms with Gasteiger partial charge in [-0.05, 0) is 55.4 Å². The van der Waals surface area contributed by atoms with Crippen molar-refractivity contribution in [2.24, 2.45) is 0 Å². The zero-order valence-electron chi connectivity index (χ0n) is 11.2. The molecule has 1 aromatic rings. The van der Waals surface area contributed by atoms with E-state index in [9.17, 15) is 0 Å². The Morgan fingerprint density at radius 2 is 1.81 bits per heavy atom. The fraction of sp³-hybridized carbons (Fsp3) is 0.500. The standard InChI is InChI=1S/C16H24/c1-6-8-14-9-10-15(11-12(3)4)16(7-2)13(14)5/h9-10H,3,6-8,11H2,1-2,4-5H3. The summed E-state index contributed by atoms with van der Waals surface area (Å²) in [6, 6.07) is 4.60. The van der Waals surface area contributed by atoms with Gasteiger partial charge in [0.05, 0.1) is 0 Å². The second-order valence-electron chi connectivity index (χ2n) is 4.72. The van der Waals surface area contributed by atoms with E-state index in [2.05, 4.69) is 46.4 Å². The first kappa shape index (κ1) is 13.0. The highest BCUT2D eigenvalue weighted by Crippen LogP contribution is 2.22. The third kappa shape index (κ3) is 2.98. The maximum Gasteiger partial charge on any atom is -0.00697 e. The van der Waals surface area contributed by atoms with Crippen LogP contribution < -0.4 is 0 Å². The lowest BCUT2D eigenvalue weighted by atomic mass is 9.90. The van der Waals surface area contributed by atoms with E-state index in [1.807, 2.05) is 0 Å². The molecule has 0 bridgehead atoms. The number of benzene rings is 1. The van der Waals surface area contributed by atoms with Crippen LogP contribution in [0.1, 0.15) is 49.4 Å². The van der Waals surface area contributed by atoms with Gasteiger partial charge in [-0.3, -0.25) is 0 Å². The van der Waals surface area contributed by atoms with E-state index in [1.165, 1.54) is 40.7 Å². The summed E-state index contributed by atoms with van der Waals surface area (Å²) >= 11 is 0. The van der Waals surface area contributed by atoms with Crippen molar-refractivity contribution in [2.45, 2.75) is 53.4 Å². The molecule has 0 saturated heterocycles. The first-order chi connectivity index (χ1) is 7.60. The maximum atomic E-state index is 4.01. The van der Waals surface area contributed by atoms with Gasteiger partial charge in [-0.2, -0.15) is 0 Å². The smallest absolute Gasteiger partial charge is 0.00697 e. The molecule has 0 radical (unpaired) electrons. The highest BCUT2D eigenvalue weighted by atomic mass is 14.1. The molecule has 1 aromatic carbocycles. The van der Waals surface area contributed by atoms with Crippen molar-refractivity contribution in [1.82, 2.24) is 0 Å². The maximum absolute atomic E-state index is 4.01. The van der Waals surface area contributed by atoms with Gasteiger partial charge < -0.3 is 0 Å². The molecular formula is C16H24. The molecular weight excluding hydrogens is 192 g/mol. The molecule has 16 heavy (non-hydrogen) atoms. The van der Waals surface area contributed by atoms with Crippen LogP contribution in [0.25, 0.3) is 0 Å². The van der Waals surface area contributed by atoms with Gasteiger partial charge in [-0.1, -0.05) is 44.6 Å². The Morgan fingerprint density at radius 1 is 1.19 bits per heavy atom. The topological polar surface area (TPSA) is 0 Å². The fourth-order valence-electron chi connectivity index (χ4n) is 2.38. The number of hydrogen-bond donors (Lipinski definition) is 0. The van der Waals surface area contributed by atoms with Gasteiger partial charge >= 0.3 is 0 Å². The second kappa shape index (κ2) is 5.89. The predicted molar refractivity (Wildman–Crippen MR) is 73.1 cm³/mol. The second-order valence-corrected chi connectivity index (χ2v) is 4.72. The summed E-state index contributed by atoms with van der Waals surface area (Å²) in [6.07, 6.45) is 4.58. The van der Waals surface area contributed by atoms with Crippen LogP contribution >= 0.6 is 0 Å². The van der Waals surface area contributed by atoms with Gasteiger partial charge in [0.1, 0.15) is 0 Å². The number of aryl methyl sites for hydroxylation is 1. The highest BCUT2D eigenvalue weighted by Gasteiger charge is 2.08. The van der Waals surface area contributed by atoms with Crippen LogP contribution in [0, 0.1) is 6.92 Å². The van der Waals surface area contributed by atoms with Crippen molar-refractivity contribution < 1.29 is 0 Å². The van der Waals surface area contributed by atoms with Crippen molar-refractivity contribution in [3.8, 4) is 0 Å². The summed E-state index contributed by atoms with van der Waals surface area (Å²) in [5.74, 6) is 0. The molecule has 0 spiro atoms. The van der Waals surface area contributed by atoms with Crippen LogP contribution in [-0.2, 0) is 19.3 Å². The Morgan fingerprint density at radius 3 is 2.31 bits per heavy atom. The summed E-state index contributed by atoms with van der Waals surface area (Å²) in [5.41, 5.74) is 7.27. The summed E-state index contributed by atoms with van der Waals surface area (Å²) in [5, 5.41) is 0. The SMILES string of the molecule is C=C(C)Cc1ccc(CCC)c(C)c1CC. The molecule has 0 aromatic heterocycles. The lowest BCUT2D eigenvalue weighted by molar-refractivity contribution is 0.898. The van der Waals surface area contributed by atoms with E-state index in [4.69, 9.17) is 0 Å². The van der Waals surface area contributed by atoms with Crippen LogP contribution in [0.3, 0.4) is 0 Å². The zero-order valence-corrected chi connectivity index (χ0v) is 11.2. The van der Waals surface area contributed by atoms with Crippen LogP contribution in [0.2, 0.25) is 0 Å². The lowest BCUT2D eigenvalue weighted by Gasteiger charge is -2.15. The van der Waals surface area contributed by atoms with Gasteiger partial charge in [-0.15, -0.1) is 0 Å². The Balaban J connectivity index is 3.12. The van der Waals surface area contributed by atoms with E-state index < -0.39 is 0 Å². The van der Waals surface area contributed by atoms with Crippen LogP contribution in [0.15, 0.2) is 24.3 Å². The fourth-order valence-corrected chi connectivity index (χ4v) is 2.38. The number of rotatable bonds is 5. The Hall–Kier alpha value is -1.04. The summed E-state index contributed by atoms with van der Waals surface area (Å²) < 4.78 is 0. The van der Waals surface area contributed by atoms with Crippen LogP contribution in [0.5, 0.6) is 0 Å². The van der Waals surface area contributed by atoms with E-state index in [0.29, 0.717) is 0 Å². The molecule has 0 aliphatic carbocycles. The van der Waals surface area contributed by atoms with Gasteiger partial charge in [0.25, 0.3) is 0 Å². The van der Waals surface area contributed by atoms with Crippen LogP contribution in [0.4, 0.5) is 0 Å². The van der Waals surface area contributed by atoms with Gasteiger partial charge in [0, 0.05) is 0 Å². The predicted octanol–water partition coefficient (Wildman–Crippen LogP) is 4.63. The van der Waals surface area contributed by atoms with Crippen molar-refractivity contribution in [3.63, 3.8) is 0 Å². The van der Waals surface area contributed by atoms with E-state index in [0.717, 1.165) is 12.8 Å². The van der Waals surface area contributed by atoms with E-state index >= 15 is 0 Å². The number of hydrogen-bond acceptors (Lipinski definition) is 0. The third-order valence-electron chi connectivity index (χ3n) is 3.17. The quantitative estimate of drug-likeness (QED) is 0.630. The Bertz CT molecular complexity index is 372. The van der Waals surface area contributed by atoms with Crippen molar-refractivity contribution >= 4 is 0 Å². The van der Waals surface area contributed by atoms with Crippen molar-refractivity contribution in [2.75, 3.05) is 0 Å². The normalized spacial score (nSPS) is 10.5. The highest BCUT2D eigenvalue weighted by molar-refractivity contribution is 5.42. The lowest BCUT2D eigenvalue weighted by Crippen LogP contribution is -2.01. The van der Waals surface area contributed by atoms with E-state index in [1.54, 1.807) is 0 Å². The zero-order chi connectivity index (χ0) is 12.1. The molecule has 0 aliphatic rings. The summed E-state index contributed by atoms with van der Waals surface area (Å²) in [4.78, 5) is 0. The minimum Gasteiger partial charge on any atom is -0.0998 e. The molecule has 0 N–H and O–H groups in total. The molecule has 0 nitrogen and oxygen atoms in total. The van der Waals surface area contributed by atoms with Gasteiger partial charge in [-0.25, -0.2) is 0 Å². The average molecular weight is 216 g/mol. The van der Waals surface area contributed by atoms with Gasteiger partial charge in [0.2, 0.25) is 0 Å². The largest absolute Gasteiger partial charge is 0.0998 e.